The van der Waals surface area contributed by atoms with Crippen LogP contribution in [0.1, 0.15) is 18.1 Å². The Balaban J connectivity index is 1.71. The lowest BCUT2D eigenvalue weighted by molar-refractivity contribution is -0.384. The number of oxime groups is 1. The second kappa shape index (κ2) is 10.0. The number of amides is 1. The Morgan fingerprint density at radius 2 is 1.77 bits per heavy atom. The zero-order chi connectivity index (χ0) is 22.2. The maximum Gasteiger partial charge on any atom is 0.275 e. The second-order valence-electron chi connectivity index (χ2n) is 6.71. The summed E-state index contributed by atoms with van der Waals surface area (Å²) in [6.07, 6.45) is 0. The van der Waals surface area contributed by atoms with Gasteiger partial charge in [0, 0.05) is 12.1 Å². The predicted molar refractivity (Wildman–Crippen MR) is 118 cm³/mol. The van der Waals surface area contributed by atoms with Crippen molar-refractivity contribution < 1.29 is 19.3 Å². The third kappa shape index (κ3) is 6.14. The molecule has 0 aromatic heterocycles. The number of nitrogens with one attached hydrogen (secondary N) is 1. The Bertz CT molecular complexity index is 1110. The van der Waals surface area contributed by atoms with E-state index in [1.54, 1.807) is 13.0 Å². The number of aryl methyl sites for hydroxylation is 1. The van der Waals surface area contributed by atoms with E-state index < -0.39 is 10.8 Å². The summed E-state index contributed by atoms with van der Waals surface area (Å²) in [6, 6.07) is 20.6. The number of rotatable bonds is 8. The molecule has 0 spiro atoms. The van der Waals surface area contributed by atoms with Crippen molar-refractivity contribution in [3.05, 3.63) is 94.0 Å². The molecule has 0 unspecified atom stereocenters. The fraction of sp³-hybridized carbons (Fsp3) is 0.130. The number of non-ortho nitro benzene ring substituents is 1. The lowest BCUT2D eigenvalue weighted by Crippen LogP contribution is -2.20. The Morgan fingerprint density at radius 1 is 1.06 bits per heavy atom. The lowest BCUT2D eigenvalue weighted by atomic mass is 10.1. The molecular weight excluding hydrogens is 398 g/mol. The van der Waals surface area contributed by atoms with E-state index in [0.29, 0.717) is 11.5 Å². The quantitative estimate of drug-likeness (QED) is 0.323. The Hall–Kier alpha value is -4.20. The zero-order valence-electron chi connectivity index (χ0n) is 17.1. The highest BCUT2D eigenvalue weighted by atomic mass is 16.6. The molecule has 3 rings (SSSR count). The molecule has 1 N–H and O–H groups in total. The number of carbonyl (C=O) groups is 1. The van der Waals surface area contributed by atoms with Gasteiger partial charge in [-0.1, -0.05) is 53.7 Å². The van der Waals surface area contributed by atoms with Crippen molar-refractivity contribution >= 4 is 23.0 Å². The third-order valence-corrected chi connectivity index (χ3v) is 4.32. The van der Waals surface area contributed by atoms with Crippen LogP contribution in [0.5, 0.6) is 11.5 Å². The van der Waals surface area contributed by atoms with Crippen LogP contribution in [0.2, 0.25) is 0 Å². The third-order valence-electron chi connectivity index (χ3n) is 4.32. The summed E-state index contributed by atoms with van der Waals surface area (Å²) in [5.74, 6) is 0.254. The van der Waals surface area contributed by atoms with E-state index in [-0.39, 0.29) is 23.7 Å². The Kier molecular flexibility index (Phi) is 6.95. The molecule has 3 aromatic rings. The van der Waals surface area contributed by atoms with Crippen molar-refractivity contribution in [2.45, 2.75) is 13.8 Å². The number of ether oxygens (including phenoxy) is 1. The van der Waals surface area contributed by atoms with E-state index in [2.05, 4.69) is 10.5 Å². The molecule has 0 heterocycles. The monoisotopic (exact) mass is 419 g/mol. The van der Waals surface area contributed by atoms with Gasteiger partial charge in [0.2, 0.25) is 0 Å². The zero-order valence-corrected chi connectivity index (χ0v) is 17.1. The van der Waals surface area contributed by atoms with Gasteiger partial charge in [-0.2, -0.15) is 0 Å². The van der Waals surface area contributed by atoms with Crippen molar-refractivity contribution in [2.24, 2.45) is 5.16 Å². The summed E-state index contributed by atoms with van der Waals surface area (Å²) in [4.78, 5) is 28.4. The molecule has 3 aromatic carbocycles. The van der Waals surface area contributed by atoms with Crippen molar-refractivity contribution in [2.75, 3.05) is 11.9 Å². The molecule has 158 valence electrons. The van der Waals surface area contributed by atoms with Gasteiger partial charge >= 0.3 is 0 Å². The SMILES string of the molecule is C/C(=N\Oc1cc(NC(=O)COc2ccccc2C)cc([N+](=O)[O-])c1)c1ccccc1. The molecule has 8 heteroatoms. The molecule has 31 heavy (non-hydrogen) atoms. The molecule has 0 fully saturated rings. The summed E-state index contributed by atoms with van der Waals surface area (Å²) in [5.41, 5.74) is 2.32. The van der Waals surface area contributed by atoms with Crippen LogP contribution in [-0.2, 0) is 4.79 Å². The van der Waals surface area contributed by atoms with E-state index in [1.807, 2.05) is 55.5 Å². The van der Waals surface area contributed by atoms with E-state index in [1.165, 1.54) is 18.2 Å². The minimum absolute atomic E-state index is 0.125. The predicted octanol–water partition coefficient (Wildman–Crippen LogP) is 4.72. The van der Waals surface area contributed by atoms with Crippen molar-refractivity contribution in [3.8, 4) is 11.5 Å². The first kappa shape index (κ1) is 21.5. The van der Waals surface area contributed by atoms with E-state index in [4.69, 9.17) is 9.57 Å². The molecule has 1 amide bonds. The van der Waals surface area contributed by atoms with Gasteiger partial charge < -0.3 is 14.9 Å². The summed E-state index contributed by atoms with van der Waals surface area (Å²) >= 11 is 0. The summed E-state index contributed by atoms with van der Waals surface area (Å²) in [6.45, 7) is 3.39. The highest BCUT2D eigenvalue weighted by Crippen LogP contribution is 2.26. The molecule has 0 saturated heterocycles. The van der Waals surface area contributed by atoms with Gasteiger partial charge in [0.1, 0.15) is 5.75 Å². The first-order valence-corrected chi connectivity index (χ1v) is 9.47. The number of hydrogen-bond donors (Lipinski definition) is 1. The molecule has 0 aliphatic heterocycles. The van der Waals surface area contributed by atoms with Gasteiger partial charge in [-0.3, -0.25) is 14.9 Å². The van der Waals surface area contributed by atoms with Crippen LogP contribution >= 0.6 is 0 Å². The molecule has 0 aliphatic rings. The number of anilines is 1. The maximum atomic E-state index is 12.3. The molecule has 0 saturated carbocycles. The molecule has 0 bridgehead atoms. The van der Waals surface area contributed by atoms with Crippen LogP contribution < -0.4 is 14.9 Å². The Morgan fingerprint density at radius 3 is 2.48 bits per heavy atom. The first-order chi connectivity index (χ1) is 14.9. The molecule has 0 radical (unpaired) electrons. The number of carbonyl (C=O) groups excluding carboxylic acids is 1. The maximum absolute atomic E-state index is 12.3. The lowest BCUT2D eigenvalue weighted by Gasteiger charge is -2.10. The average molecular weight is 419 g/mol. The number of nitrogens with zero attached hydrogens (tertiary/aromatic N) is 2. The standard InChI is InChI=1S/C23H21N3O5/c1-16-8-6-7-11-22(16)30-15-23(27)24-19-12-20(26(28)29)14-21(13-19)31-25-17(2)18-9-4-3-5-10-18/h3-14H,15H2,1-2H3,(H,24,27)/b25-17+. The van der Waals surface area contributed by atoms with Crippen LogP contribution in [0.15, 0.2) is 78.0 Å². The molecule has 0 atom stereocenters. The number of nitro groups is 1. The summed E-state index contributed by atoms with van der Waals surface area (Å²) in [5, 5.41) is 17.9. The second-order valence-corrected chi connectivity index (χ2v) is 6.71. The highest BCUT2D eigenvalue weighted by Gasteiger charge is 2.14. The Labute approximate surface area is 179 Å². The largest absolute Gasteiger partial charge is 0.483 e. The normalized spacial score (nSPS) is 11.0. The van der Waals surface area contributed by atoms with Gasteiger partial charge in [-0.15, -0.1) is 0 Å². The topological polar surface area (TPSA) is 103 Å². The first-order valence-electron chi connectivity index (χ1n) is 9.47. The summed E-state index contributed by atoms with van der Waals surface area (Å²) < 4.78 is 5.51. The van der Waals surface area contributed by atoms with E-state index >= 15 is 0 Å². The fourth-order valence-corrected chi connectivity index (χ4v) is 2.73. The summed E-state index contributed by atoms with van der Waals surface area (Å²) in [7, 11) is 0. The molecule has 0 aliphatic carbocycles. The van der Waals surface area contributed by atoms with Crippen LogP contribution in [0, 0.1) is 17.0 Å². The van der Waals surface area contributed by atoms with Crippen LogP contribution in [-0.4, -0.2) is 23.1 Å². The van der Waals surface area contributed by atoms with E-state index in [9.17, 15) is 14.9 Å². The van der Waals surface area contributed by atoms with Gasteiger partial charge in [0.15, 0.2) is 12.4 Å². The van der Waals surface area contributed by atoms with Crippen LogP contribution in [0.3, 0.4) is 0 Å². The van der Waals surface area contributed by atoms with Crippen molar-refractivity contribution in [1.29, 1.82) is 0 Å². The van der Waals surface area contributed by atoms with Crippen molar-refractivity contribution in [1.82, 2.24) is 0 Å². The average Bonchev–Trinajstić information content (AvgIpc) is 2.77. The number of benzene rings is 3. The van der Waals surface area contributed by atoms with Gasteiger partial charge in [-0.25, -0.2) is 0 Å². The van der Waals surface area contributed by atoms with E-state index in [0.717, 1.165) is 11.1 Å². The minimum atomic E-state index is -0.569. The highest BCUT2D eigenvalue weighted by molar-refractivity contribution is 5.98. The number of hydrogen-bond acceptors (Lipinski definition) is 6. The molecular formula is C23H21N3O5. The molecule has 8 nitrogen and oxygen atoms in total. The van der Waals surface area contributed by atoms with Crippen molar-refractivity contribution in [3.63, 3.8) is 0 Å². The van der Waals surface area contributed by atoms with Gasteiger partial charge in [0.05, 0.1) is 22.4 Å². The minimum Gasteiger partial charge on any atom is -0.483 e. The smallest absolute Gasteiger partial charge is 0.275 e. The fourth-order valence-electron chi connectivity index (χ4n) is 2.73. The number of para-hydroxylation sites is 1. The number of nitro benzene ring substituents is 1. The van der Waals surface area contributed by atoms with Crippen LogP contribution in [0.25, 0.3) is 0 Å². The van der Waals surface area contributed by atoms with Gasteiger partial charge in [0.25, 0.3) is 11.6 Å². The van der Waals surface area contributed by atoms with Crippen LogP contribution in [0.4, 0.5) is 11.4 Å². The van der Waals surface area contributed by atoms with Gasteiger partial charge in [-0.05, 0) is 31.0 Å².